The number of hydrogen-bond donors (Lipinski definition) is 5. The molecule has 4 atom stereocenters. The normalized spacial score (nSPS) is 13.6. The summed E-state index contributed by atoms with van der Waals surface area (Å²) in [5.74, 6) is -1.70. The third kappa shape index (κ3) is 14.9. The molecule has 266 valence electrons. The summed E-state index contributed by atoms with van der Waals surface area (Å²) in [7, 11) is 3.12. The number of carbonyl (C=O) groups is 4. The standard InChI is InChI=1S/C36H56N6O6/c1-26(2)23-31(34(44)39-30(17-11-12-18-37)36(46)42(19-21-47-3)20-22-48-4)41-35(45)32(25-28-15-9-6-10-16-28)40-33(43)29(38)24-27-13-7-5-8-14-27/h5-10,13-16,26,29-32H,11-12,17-25,37-38H2,1-4H3,(H,39,44)(H,40,43)(H,41,45)/t29-,30-,31-,32-/m1/s1. The molecule has 12 heteroatoms. The Morgan fingerprint density at radius 1 is 0.708 bits per heavy atom. The summed E-state index contributed by atoms with van der Waals surface area (Å²) in [6, 6.07) is 15.0. The molecule has 4 amide bonds. The molecule has 0 aliphatic rings. The van der Waals surface area contributed by atoms with Gasteiger partial charge in [-0.15, -0.1) is 0 Å². The predicted molar refractivity (Wildman–Crippen MR) is 187 cm³/mol. The van der Waals surface area contributed by atoms with E-state index in [0.29, 0.717) is 65.0 Å². The van der Waals surface area contributed by atoms with Gasteiger partial charge in [-0.25, -0.2) is 0 Å². The SMILES string of the molecule is COCCN(CCOC)C(=O)[C@@H](CCCCN)NC(=O)[C@@H](CC(C)C)NC(=O)[C@@H](Cc1ccccc1)NC(=O)[C@H](N)Cc1ccccc1. The van der Waals surface area contributed by atoms with Crippen molar-refractivity contribution in [1.82, 2.24) is 20.9 Å². The molecule has 0 unspecified atom stereocenters. The monoisotopic (exact) mass is 668 g/mol. The van der Waals surface area contributed by atoms with Crippen molar-refractivity contribution in [3.8, 4) is 0 Å². The van der Waals surface area contributed by atoms with Gasteiger partial charge in [0.15, 0.2) is 0 Å². The van der Waals surface area contributed by atoms with Crippen LogP contribution in [-0.2, 0) is 41.5 Å². The molecule has 12 nitrogen and oxygen atoms in total. The van der Waals surface area contributed by atoms with E-state index in [4.69, 9.17) is 20.9 Å². The quantitative estimate of drug-likeness (QED) is 0.111. The molecule has 0 spiro atoms. The van der Waals surface area contributed by atoms with Crippen molar-refractivity contribution in [2.24, 2.45) is 17.4 Å². The molecule has 0 fully saturated rings. The molecule has 2 aromatic carbocycles. The Hall–Kier alpha value is -3.84. The number of unbranched alkanes of at least 4 members (excludes halogenated alkanes) is 1. The van der Waals surface area contributed by atoms with Crippen molar-refractivity contribution in [3.63, 3.8) is 0 Å². The lowest BCUT2D eigenvalue weighted by Gasteiger charge is -2.30. The Bertz CT molecular complexity index is 1220. The minimum Gasteiger partial charge on any atom is -0.383 e. The third-order valence-electron chi connectivity index (χ3n) is 7.89. The molecule has 2 aromatic rings. The van der Waals surface area contributed by atoms with Crippen LogP contribution in [0.4, 0.5) is 0 Å². The summed E-state index contributed by atoms with van der Waals surface area (Å²) in [4.78, 5) is 56.3. The van der Waals surface area contributed by atoms with E-state index in [9.17, 15) is 19.2 Å². The highest BCUT2D eigenvalue weighted by Crippen LogP contribution is 2.12. The fourth-order valence-electron chi connectivity index (χ4n) is 5.25. The first-order valence-corrected chi connectivity index (χ1v) is 16.8. The number of nitrogens with one attached hydrogen (secondary N) is 3. The molecule has 0 saturated heterocycles. The maximum atomic E-state index is 13.9. The van der Waals surface area contributed by atoms with Crippen molar-refractivity contribution in [2.75, 3.05) is 47.1 Å². The number of benzene rings is 2. The van der Waals surface area contributed by atoms with Gasteiger partial charge in [0.2, 0.25) is 23.6 Å². The van der Waals surface area contributed by atoms with Gasteiger partial charge in [-0.05, 0) is 55.7 Å². The first kappa shape index (κ1) is 40.3. The van der Waals surface area contributed by atoms with Gasteiger partial charge in [-0.1, -0.05) is 74.5 Å². The number of hydrogen-bond acceptors (Lipinski definition) is 8. The van der Waals surface area contributed by atoms with Crippen LogP contribution < -0.4 is 27.4 Å². The highest BCUT2D eigenvalue weighted by Gasteiger charge is 2.32. The van der Waals surface area contributed by atoms with Crippen molar-refractivity contribution in [1.29, 1.82) is 0 Å². The second-order valence-electron chi connectivity index (χ2n) is 12.4. The smallest absolute Gasteiger partial charge is 0.245 e. The Balaban J connectivity index is 2.28. The zero-order chi connectivity index (χ0) is 35.3. The first-order valence-electron chi connectivity index (χ1n) is 16.8. The Labute approximate surface area is 285 Å². The largest absolute Gasteiger partial charge is 0.383 e. The highest BCUT2D eigenvalue weighted by molar-refractivity contribution is 5.95. The number of rotatable bonds is 23. The van der Waals surface area contributed by atoms with Crippen LogP contribution in [0.5, 0.6) is 0 Å². The van der Waals surface area contributed by atoms with Crippen LogP contribution in [0.2, 0.25) is 0 Å². The van der Waals surface area contributed by atoms with Crippen molar-refractivity contribution >= 4 is 23.6 Å². The summed E-state index contributed by atoms with van der Waals surface area (Å²) < 4.78 is 10.4. The molecule has 0 radical (unpaired) electrons. The maximum Gasteiger partial charge on any atom is 0.245 e. The predicted octanol–water partition coefficient (Wildman–Crippen LogP) is 1.55. The number of nitrogens with zero attached hydrogens (tertiary/aromatic N) is 1. The summed E-state index contributed by atoms with van der Waals surface area (Å²) in [6.07, 6.45) is 2.52. The lowest BCUT2D eigenvalue weighted by molar-refractivity contribution is -0.139. The fraction of sp³-hybridized carbons (Fsp3) is 0.556. The number of amides is 4. The van der Waals surface area contributed by atoms with Crippen LogP contribution in [0.15, 0.2) is 60.7 Å². The number of carbonyl (C=O) groups excluding carboxylic acids is 4. The zero-order valence-electron chi connectivity index (χ0n) is 29.0. The topological polar surface area (TPSA) is 178 Å². The van der Waals surface area contributed by atoms with Crippen LogP contribution in [-0.4, -0.2) is 99.8 Å². The van der Waals surface area contributed by atoms with E-state index in [0.717, 1.165) is 11.1 Å². The molecular formula is C36H56N6O6. The van der Waals surface area contributed by atoms with E-state index < -0.39 is 41.9 Å². The van der Waals surface area contributed by atoms with E-state index in [-0.39, 0.29) is 18.2 Å². The van der Waals surface area contributed by atoms with Gasteiger partial charge in [0.25, 0.3) is 0 Å². The van der Waals surface area contributed by atoms with Crippen LogP contribution in [0.25, 0.3) is 0 Å². The van der Waals surface area contributed by atoms with Gasteiger partial charge in [0.1, 0.15) is 18.1 Å². The lowest BCUT2D eigenvalue weighted by atomic mass is 9.99. The molecule has 0 aromatic heterocycles. The molecule has 0 bridgehead atoms. The highest BCUT2D eigenvalue weighted by atomic mass is 16.5. The zero-order valence-corrected chi connectivity index (χ0v) is 29.0. The second-order valence-corrected chi connectivity index (χ2v) is 12.4. The number of nitrogens with two attached hydrogens (primary N) is 2. The van der Waals surface area contributed by atoms with E-state index in [1.807, 2.05) is 74.5 Å². The van der Waals surface area contributed by atoms with Gasteiger partial charge in [-0.3, -0.25) is 19.2 Å². The molecule has 0 aliphatic carbocycles. The van der Waals surface area contributed by atoms with E-state index in [2.05, 4.69) is 16.0 Å². The molecule has 0 saturated carbocycles. The summed E-state index contributed by atoms with van der Waals surface area (Å²) in [5, 5.41) is 8.63. The van der Waals surface area contributed by atoms with Gasteiger partial charge in [0, 0.05) is 33.7 Å². The maximum absolute atomic E-state index is 13.9. The van der Waals surface area contributed by atoms with Crippen LogP contribution >= 0.6 is 0 Å². The molecule has 0 aliphatic heterocycles. The molecule has 0 heterocycles. The summed E-state index contributed by atoms with van der Waals surface area (Å²) >= 11 is 0. The molecular weight excluding hydrogens is 612 g/mol. The third-order valence-corrected chi connectivity index (χ3v) is 7.89. The Morgan fingerprint density at radius 2 is 1.21 bits per heavy atom. The average Bonchev–Trinajstić information content (AvgIpc) is 3.07. The van der Waals surface area contributed by atoms with Crippen molar-refractivity contribution in [2.45, 2.75) is 76.5 Å². The molecule has 48 heavy (non-hydrogen) atoms. The minimum absolute atomic E-state index is 0.0359. The summed E-state index contributed by atoms with van der Waals surface area (Å²) in [6.45, 7) is 5.67. The van der Waals surface area contributed by atoms with Gasteiger partial charge < -0.3 is 41.8 Å². The minimum atomic E-state index is -0.996. The van der Waals surface area contributed by atoms with Crippen molar-refractivity contribution < 1.29 is 28.7 Å². The van der Waals surface area contributed by atoms with E-state index >= 15 is 0 Å². The number of methoxy groups -OCH3 is 2. The van der Waals surface area contributed by atoms with E-state index in [1.54, 1.807) is 19.1 Å². The Morgan fingerprint density at radius 3 is 1.73 bits per heavy atom. The fourth-order valence-corrected chi connectivity index (χ4v) is 5.25. The first-order chi connectivity index (χ1) is 23.1. The average molecular weight is 669 g/mol. The van der Waals surface area contributed by atoms with Gasteiger partial charge in [-0.2, -0.15) is 0 Å². The van der Waals surface area contributed by atoms with Crippen molar-refractivity contribution in [3.05, 3.63) is 71.8 Å². The van der Waals surface area contributed by atoms with Crippen LogP contribution in [0.3, 0.4) is 0 Å². The van der Waals surface area contributed by atoms with Crippen LogP contribution in [0, 0.1) is 5.92 Å². The van der Waals surface area contributed by atoms with Gasteiger partial charge in [0.05, 0.1) is 19.3 Å². The molecule has 2 rings (SSSR count). The number of ether oxygens (including phenoxy) is 2. The van der Waals surface area contributed by atoms with Crippen LogP contribution in [0.1, 0.15) is 50.7 Å². The molecule has 7 N–H and O–H groups in total. The van der Waals surface area contributed by atoms with Gasteiger partial charge >= 0.3 is 0 Å². The Kier molecular flexibility index (Phi) is 19.1. The summed E-state index contributed by atoms with van der Waals surface area (Å²) in [5.41, 5.74) is 13.7. The van der Waals surface area contributed by atoms with E-state index in [1.165, 1.54) is 0 Å². The lowest BCUT2D eigenvalue weighted by Crippen LogP contribution is -2.59. The second kappa shape index (κ2) is 22.7.